The molecule has 1 atom stereocenters. The average molecular weight is 295 g/mol. The van der Waals surface area contributed by atoms with Gasteiger partial charge in [-0.15, -0.1) is 0 Å². The summed E-state index contributed by atoms with van der Waals surface area (Å²) in [6.45, 7) is 2.04. The smallest absolute Gasteiger partial charge is 0.155 e. The minimum Gasteiger partial charge on any atom is -0.312 e. The third-order valence-electron chi connectivity index (χ3n) is 4.29. The molecule has 112 valence electrons. The molecule has 3 nitrogen and oxygen atoms in total. The minimum atomic E-state index is -3.02. The fraction of sp³-hybridized carbons (Fsp3) is 0.625. The Kier molecular flexibility index (Phi) is 5.22. The summed E-state index contributed by atoms with van der Waals surface area (Å²) < 4.78 is 25.1. The predicted octanol–water partition coefficient (Wildman–Crippen LogP) is 3.00. The van der Waals surface area contributed by atoms with Crippen molar-refractivity contribution in [3.8, 4) is 0 Å². The summed E-state index contributed by atoms with van der Waals surface area (Å²) in [6.07, 6.45) is 4.97. The largest absolute Gasteiger partial charge is 0.312 e. The summed E-state index contributed by atoms with van der Waals surface area (Å²) in [5.41, 5.74) is 2.25. The minimum absolute atomic E-state index is 0.109. The van der Waals surface area contributed by atoms with Crippen molar-refractivity contribution in [1.82, 2.24) is 5.32 Å². The Morgan fingerprint density at radius 2 is 1.75 bits per heavy atom. The standard InChI is InChI=1S/C16H25NO2S/c1-13-8-10-14(11-9-13)16(17-2)12-20(18,19)15-6-4-3-5-7-15/h8-11,15-17H,3-7,12H2,1-2H3. The van der Waals surface area contributed by atoms with E-state index in [0.717, 1.165) is 31.2 Å². The molecule has 0 spiro atoms. The first-order chi connectivity index (χ1) is 9.53. The molecular weight excluding hydrogens is 270 g/mol. The van der Waals surface area contributed by atoms with Crippen LogP contribution in [0.15, 0.2) is 24.3 Å². The number of nitrogens with one attached hydrogen (secondary N) is 1. The third-order valence-corrected chi connectivity index (χ3v) is 6.57. The van der Waals surface area contributed by atoms with Crippen LogP contribution in [0.3, 0.4) is 0 Å². The molecule has 1 aromatic carbocycles. The van der Waals surface area contributed by atoms with Crippen molar-refractivity contribution in [3.63, 3.8) is 0 Å². The van der Waals surface area contributed by atoms with Gasteiger partial charge in [-0.3, -0.25) is 0 Å². The Labute approximate surface area is 122 Å². The molecule has 1 saturated carbocycles. The molecule has 1 aliphatic carbocycles. The van der Waals surface area contributed by atoms with Crippen LogP contribution in [0.25, 0.3) is 0 Å². The van der Waals surface area contributed by atoms with E-state index < -0.39 is 9.84 Å². The summed E-state index contributed by atoms with van der Waals surface area (Å²) in [7, 11) is -1.18. The molecule has 0 heterocycles. The van der Waals surface area contributed by atoms with E-state index in [9.17, 15) is 8.42 Å². The Morgan fingerprint density at radius 1 is 1.15 bits per heavy atom. The fourth-order valence-electron chi connectivity index (χ4n) is 2.94. The highest BCUT2D eigenvalue weighted by Gasteiger charge is 2.29. The van der Waals surface area contributed by atoms with Gasteiger partial charge in [-0.25, -0.2) is 8.42 Å². The van der Waals surface area contributed by atoms with Crippen molar-refractivity contribution >= 4 is 9.84 Å². The second kappa shape index (κ2) is 6.72. The number of hydrogen-bond donors (Lipinski definition) is 1. The topological polar surface area (TPSA) is 46.2 Å². The van der Waals surface area contributed by atoms with Gasteiger partial charge in [0.2, 0.25) is 0 Å². The molecular formula is C16H25NO2S. The van der Waals surface area contributed by atoms with Crippen LogP contribution in [0.1, 0.15) is 49.3 Å². The average Bonchev–Trinajstić information content (AvgIpc) is 2.47. The van der Waals surface area contributed by atoms with Crippen molar-refractivity contribution in [2.45, 2.75) is 50.3 Å². The van der Waals surface area contributed by atoms with Crippen LogP contribution in [0.2, 0.25) is 0 Å². The number of aryl methyl sites for hydroxylation is 1. The van der Waals surface area contributed by atoms with Crippen molar-refractivity contribution in [2.24, 2.45) is 0 Å². The first-order valence-corrected chi connectivity index (χ1v) is 9.20. The summed E-state index contributed by atoms with van der Waals surface area (Å²) in [4.78, 5) is 0. The number of rotatable bonds is 5. The highest BCUT2D eigenvalue weighted by atomic mass is 32.2. The summed E-state index contributed by atoms with van der Waals surface area (Å²) >= 11 is 0. The molecule has 1 aliphatic rings. The Hall–Kier alpha value is -0.870. The lowest BCUT2D eigenvalue weighted by molar-refractivity contribution is 0.479. The number of hydrogen-bond acceptors (Lipinski definition) is 3. The van der Waals surface area contributed by atoms with Crippen molar-refractivity contribution in [3.05, 3.63) is 35.4 Å². The Balaban J connectivity index is 2.10. The van der Waals surface area contributed by atoms with Gasteiger partial charge in [0.15, 0.2) is 9.84 Å². The molecule has 2 rings (SSSR count). The van der Waals surface area contributed by atoms with Gasteiger partial charge in [0.25, 0.3) is 0 Å². The monoisotopic (exact) mass is 295 g/mol. The van der Waals surface area contributed by atoms with Crippen molar-refractivity contribution in [1.29, 1.82) is 0 Å². The fourth-order valence-corrected chi connectivity index (χ4v) is 5.09. The van der Waals surface area contributed by atoms with E-state index in [2.05, 4.69) is 5.32 Å². The normalized spacial score (nSPS) is 18.9. The summed E-state index contributed by atoms with van der Waals surface area (Å²) in [5, 5.41) is 3.03. The zero-order valence-electron chi connectivity index (χ0n) is 12.4. The van der Waals surface area contributed by atoms with Crippen LogP contribution in [0.4, 0.5) is 0 Å². The predicted molar refractivity (Wildman–Crippen MR) is 83.6 cm³/mol. The first kappa shape index (κ1) is 15.5. The molecule has 1 aromatic rings. The lowest BCUT2D eigenvalue weighted by atomic mass is 10.0. The summed E-state index contributed by atoms with van der Waals surface area (Å²) in [5.74, 6) is 0.206. The lowest BCUT2D eigenvalue weighted by Crippen LogP contribution is -2.32. The van der Waals surface area contributed by atoms with E-state index >= 15 is 0 Å². The quantitative estimate of drug-likeness (QED) is 0.908. The highest BCUT2D eigenvalue weighted by Crippen LogP contribution is 2.27. The van der Waals surface area contributed by atoms with Gasteiger partial charge in [-0.05, 0) is 32.4 Å². The van der Waals surface area contributed by atoms with Gasteiger partial charge in [0, 0.05) is 6.04 Å². The van der Waals surface area contributed by atoms with E-state index in [4.69, 9.17) is 0 Å². The van der Waals surface area contributed by atoms with Gasteiger partial charge in [0.1, 0.15) is 0 Å². The molecule has 1 N–H and O–H groups in total. The van der Waals surface area contributed by atoms with Gasteiger partial charge in [0.05, 0.1) is 11.0 Å². The molecule has 0 aromatic heterocycles. The SMILES string of the molecule is CNC(CS(=O)(=O)C1CCCCC1)c1ccc(C)cc1. The number of sulfone groups is 1. The van der Waals surface area contributed by atoms with Gasteiger partial charge in [-0.2, -0.15) is 0 Å². The Bertz CT molecular complexity index is 516. The molecule has 0 aliphatic heterocycles. The molecule has 1 unspecified atom stereocenters. The molecule has 0 amide bonds. The zero-order chi connectivity index (χ0) is 14.6. The van der Waals surface area contributed by atoms with E-state index in [1.807, 2.05) is 38.2 Å². The maximum atomic E-state index is 12.6. The van der Waals surface area contributed by atoms with E-state index in [1.165, 1.54) is 12.0 Å². The first-order valence-electron chi connectivity index (χ1n) is 7.48. The second-order valence-corrected chi connectivity index (χ2v) is 8.17. The van der Waals surface area contributed by atoms with Crippen LogP contribution in [0.5, 0.6) is 0 Å². The maximum Gasteiger partial charge on any atom is 0.155 e. The van der Waals surface area contributed by atoms with E-state index in [1.54, 1.807) is 0 Å². The van der Waals surface area contributed by atoms with Crippen LogP contribution < -0.4 is 5.32 Å². The zero-order valence-corrected chi connectivity index (χ0v) is 13.2. The van der Waals surface area contributed by atoms with Crippen LogP contribution in [-0.4, -0.2) is 26.5 Å². The highest BCUT2D eigenvalue weighted by molar-refractivity contribution is 7.92. The van der Waals surface area contributed by atoms with E-state index in [0.29, 0.717) is 0 Å². The van der Waals surface area contributed by atoms with Crippen LogP contribution >= 0.6 is 0 Å². The molecule has 4 heteroatoms. The molecule has 0 saturated heterocycles. The van der Waals surface area contributed by atoms with E-state index in [-0.39, 0.29) is 17.0 Å². The molecule has 0 bridgehead atoms. The molecule has 0 radical (unpaired) electrons. The summed E-state index contributed by atoms with van der Waals surface area (Å²) in [6, 6.07) is 8.00. The van der Waals surface area contributed by atoms with Gasteiger partial charge < -0.3 is 5.32 Å². The van der Waals surface area contributed by atoms with Crippen molar-refractivity contribution < 1.29 is 8.42 Å². The third kappa shape index (κ3) is 3.83. The van der Waals surface area contributed by atoms with Crippen LogP contribution in [0, 0.1) is 6.92 Å². The molecule has 20 heavy (non-hydrogen) atoms. The second-order valence-electron chi connectivity index (χ2n) is 5.84. The van der Waals surface area contributed by atoms with Crippen LogP contribution in [-0.2, 0) is 9.84 Å². The molecule has 1 fully saturated rings. The maximum absolute atomic E-state index is 12.6. The Morgan fingerprint density at radius 3 is 2.30 bits per heavy atom. The van der Waals surface area contributed by atoms with Gasteiger partial charge >= 0.3 is 0 Å². The number of benzene rings is 1. The van der Waals surface area contributed by atoms with Gasteiger partial charge in [-0.1, -0.05) is 49.1 Å². The lowest BCUT2D eigenvalue weighted by Gasteiger charge is -2.25. The van der Waals surface area contributed by atoms with Crippen molar-refractivity contribution in [2.75, 3.05) is 12.8 Å².